The quantitative estimate of drug-likeness (QED) is 0.554. The Kier molecular flexibility index (Phi) is 1.62. The summed E-state index contributed by atoms with van der Waals surface area (Å²) in [6, 6.07) is 0.572. The lowest BCUT2D eigenvalue weighted by Gasteiger charge is -2.28. The van der Waals surface area contributed by atoms with Crippen LogP contribution in [-0.4, -0.2) is 49.3 Å². The summed E-state index contributed by atoms with van der Waals surface area (Å²) < 4.78 is 0. The molecule has 1 saturated heterocycles. The third kappa shape index (κ3) is 1.35. The smallest absolute Gasteiger partial charge is 0.220 e. The Morgan fingerprint density at radius 3 is 3.00 bits per heavy atom. The number of hydrogen-bond donors (Lipinski definition) is 1. The van der Waals surface area contributed by atoms with E-state index in [-0.39, 0.29) is 0 Å². The first kappa shape index (κ1) is 7.50. The molecule has 2 aliphatic heterocycles. The Labute approximate surface area is 77.7 Å². The van der Waals surface area contributed by atoms with Crippen LogP contribution in [-0.2, 0) is 0 Å². The molecule has 0 aromatic carbocycles. The first-order valence-electron chi connectivity index (χ1n) is 5.01. The minimum atomic E-state index is 0.572. The van der Waals surface area contributed by atoms with Crippen LogP contribution in [0.25, 0.3) is 0 Å². The van der Waals surface area contributed by atoms with Crippen LogP contribution in [0, 0.1) is 5.92 Å². The van der Waals surface area contributed by atoms with E-state index in [0.29, 0.717) is 12.0 Å². The van der Waals surface area contributed by atoms with Crippen molar-refractivity contribution in [1.29, 1.82) is 0 Å². The fraction of sp³-hybridized carbons (Fsp3) is 0.778. The number of nitrogens with one attached hydrogen (secondary N) is 1. The maximum Gasteiger partial charge on any atom is 0.220 e. The lowest BCUT2D eigenvalue weighted by molar-refractivity contribution is 0.353. The minimum absolute atomic E-state index is 0.572. The molecule has 2 fully saturated rings. The zero-order valence-electron chi connectivity index (χ0n) is 7.61. The lowest BCUT2D eigenvalue weighted by Crippen LogP contribution is -2.46. The highest BCUT2D eigenvalue weighted by molar-refractivity contribution is 5.92. The van der Waals surface area contributed by atoms with Gasteiger partial charge in [-0.3, -0.25) is 0 Å². The van der Waals surface area contributed by atoms with Crippen LogP contribution in [0.15, 0.2) is 9.98 Å². The Morgan fingerprint density at radius 1 is 1.38 bits per heavy atom. The Balaban J connectivity index is 1.73. The van der Waals surface area contributed by atoms with Crippen molar-refractivity contribution in [2.75, 3.05) is 26.2 Å². The van der Waals surface area contributed by atoms with Crippen LogP contribution < -0.4 is 5.32 Å². The molecule has 0 aromatic heterocycles. The molecule has 1 saturated carbocycles. The van der Waals surface area contributed by atoms with Crippen molar-refractivity contribution in [2.24, 2.45) is 15.9 Å². The van der Waals surface area contributed by atoms with Crippen molar-refractivity contribution < 1.29 is 0 Å². The summed E-state index contributed by atoms with van der Waals surface area (Å²) in [4.78, 5) is 11.3. The van der Waals surface area contributed by atoms with Gasteiger partial charge in [0, 0.05) is 38.3 Å². The summed E-state index contributed by atoms with van der Waals surface area (Å²) in [5.41, 5.74) is 0. The van der Waals surface area contributed by atoms with Gasteiger partial charge in [0.1, 0.15) is 0 Å². The monoisotopic (exact) mass is 178 g/mol. The Hall–Kier alpha value is -0.900. The van der Waals surface area contributed by atoms with E-state index < -0.39 is 0 Å². The summed E-state index contributed by atoms with van der Waals surface area (Å²) in [6.45, 7) is 4.21. The van der Waals surface area contributed by atoms with E-state index in [1.54, 1.807) is 0 Å². The number of aliphatic imine (C=N–C) groups is 2. The molecule has 1 aliphatic carbocycles. The van der Waals surface area contributed by atoms with Gasteiger partial charge in [-0.25, -0.2) is 9.98 Å². The van der Waals surface area contributed by atoms with Crippen molar-refractivity contribution in [2.45, 2.75) is 12.5 Å². The number of nitrogens with zero attached hydrogens (tertiary/aromatic N) is 3. The number of guanidine groups is 1. The van der Waals surface area contributed by atoms with Crippen LogP contribution in [0.2, 0.25) is 0 Å². The lowest BCUT2D eigenvalue weighted by atomic mass is 10.3. The second kappa shape index (κ2) is 2.80. The van der Waals surface area contributed by atoms with Crippen molar-refractivity contribution in [1.82, 2.24) is 10.2 Å². The molecule has 0 aromatic rings. The highest BCUT2D eigenvalue weighted by Crippen LogP contribution is 2.34. The number of fused-ring (bicyclic) bond motifs is 1. The van der Waals surface area contributed by atoms with Crippen molar-refractivity contribution in [3.63, 3.8) is 0 Å². The maximum atomic E-state index is 4.60. The summed E-state index contributed by atoms with van der Waals surface area (Å²) in [7, 11) is 0. The largest absolute Gasteiger partial charge is 0.339 e. The second-order valence-corrected chi connectivity index (χ2v) is 3.91. The standard InChI is InChI=1S/C9H14N4/c1-3-13(4-2-10-1)9-11-6-7-5-8(7)12-9/h6-8,10H,1-5H2. The minimum Gasteiger partial charge on any atom is -0.339 e. The van der Waals surface area contributed by atoms with Gasteiger partial charge in [0.15, 0.2) is 0 Å². The third-order valence-electron chi connectivity index (χ3n) is 2.87. The Bertz CT molecular complexity index is 265. The van der Waals surface area contributed by atoms with Crippen molar-refractivity contribution >= 4 is 12.2 Å². The topological polar surface area (TPSA) is 40.0 Å². The van der Waals surface area contributed by atoms with E-state index in [1.807, 2.05) is 0 Å². The molecule has 0 amide bonds. The normalized spacial score (nSPS) is 36.9. The van der Waals surface area contributed by atoms with E-state index in [2.05, 4.69) is 26.4 Å². The fourth-order valence-corrected chi connectivity index (χ4v) is 1.88. The molecule has 13 heavy (non-hydrogen) atoms. The van der Waals surface area contributed by atoms with Gasteiger partial charge in [-0.1, -0.05) is 0 Å². The number of piperazine rings is 1. The van der Waals surface area contributed by atoms with Gasteiger partial charge < -0.3 is 10.2 Å². The van der Waals surface area contributed by atoms with Gasteiger partial charge in [-0.05, 0) is 6.42 Å². The molecular weight excluding hydrogens is 164 g/mol. The van der Waals surface area contributed by atoms with E-state index >= 15 is 0 Å². The SMILES string of the molecule is C1=NC(N2CCNCC2)=NC2CC12. The molecule has 1 N–H and O–H groups in total. The zero-order chi connectivity index (χ0) is 8.67. The summed E-state index contributed by atoms with van der Waals surface area (Å²) in [6.07, 6.45) is 3.30. The third-order valence-corrected chi connectivity index (χ3v) is 2.87. The molecule has 2 unspecified atom stereocenters. The maximum absolute atomic E-state index is 4.60. The summed E-state index contributed by atoms with van der Waals surface area (Å²) >= 11 is 0. The van der Waals surface area contributed by atoms with E-state index in [9.17, 15) is 0 Å². The average molecular weight is 178 g/mol. The van der Waals surface area contributed by atoms with Gasteiger partial charge in [0.25, 0.3) is 0 Å². The first-order valence-corrected chi connectivity index (χ1v) is 5.01. The molecule has 0 radical (unpaired) electrons. The number of hydrogen-bond acceptors (Lipinski definition) is 4. The molecule has 0 spiro atoms. The summed E-state index contributed by atoms with van der Waals surface area (Å²) in [5.74, 6) is 1.65. The predicted molar refractivity (Wildman–Crippen MR) is 52.3 cm³/mol. The molecule has 4 heteroatoms. The molecule has 4 nitrogen and oxygen atoms in total. The molecule has 70 valence electrons. The van der Waals surface area contributed by atoms with E-state index in [4.69, 9.17) is 0 Å². The molecule has 2 atom stereocenters. The van der Waals surface area contributed by atoms with Gasteiger partial charge in [0.2, 0.25) is 5.96 Å². The molecule has 3 aliphatic rings. The van der Waals surface area contributed by atoms with Crippen molar-refractivity contribution in [3.05, 3.63) is 0 Å². The molecule has 0 bridgehead atoms. The molecule has 3 rings (SSSR count). The van der Waals surface area contributed by atoms with Crippen LogP contribution in [0.4, 0.5) is 0 Å². The van der Waals surface area contributed by atoms with Gasteiger partial charge in [-0.2, -0.15) is 0 Å². The van der Waals surface area contributed by atoms with Crippen LogP contribution >= 0.6 is 0 Å². The van der Waals surface area contributed by atoms with E-state index in [0.717, 1.165) is 32.1 Å². The van der Waals surface area contributed by atoms with E-state index in [1.165, 1.54) is 6.42 Å². The first-order chi connectivity index (χ1) is 6.43. The van der Waals surface area contributed by atoms with Crippen LogP contribution in [0.3, 0.4) is 0 Å². The zero-order valence-corrected chi connectivity index (χ0v) is 7.61. The van der Waals surface area contributed by atoms with Crippen molar-refractivity contribution in [3.8, 4) is 0 Å². The predicted octanol–water partition coefficient (Wildman–Crippen LogP) is -0.279. The van der Waals surface area contributed by atoms with Gasteiger partial charge in [0.05, 0.1) is 6.04 Å². The molecule has 2 heterocycles. The van der Waals surface area contributed by atoms with Crippen LogP contribution in [0.1, 0.15) is 6.42 Å². The number of rotatable bonds is 0. The average Bonchev–Trinajstić information content (AvgIpc) is 2.96. The fourth-order valence-electron chi connectivity index (χ4n) is 1.88. The van der Waals surface area contributed by atoms with Gasteiger partial charge in [-0.15, -0.1) is 0 Å². The van der Waals surface area contributed by atoms with Crippen LogP contribution in [0.5, 0.6) is 0 Å². The summed E-state index contributed by atoms with van der Waals surface area (Å²) in [5, 5.41) is 3.33. The second-order valence-electron chi connectivity index (χ2n) is 3.91. The molecular formula is C9H14N4. The van der Waals surface area contributed by atoms with Gasteiger partial charge >= 0.3 is 0 Å². The Morgan fingerprint density at radius 2 is 2.23 bits per heavy atom. The highest BCUT2D eigenvalue weighted by atomic mass is 15.3. The highest BCUT2D eigenvalue weighted by Gasteiger charge is 2.38.